The molecule has 0 heterocycles. The highest BCUT2D eigenvalue weighted by molar-refractivity contribution is 5.99. The molecule has 1 N–H and O–H groups in total. The zero-order valence-electron chi connectivity index (χ0n) is 14.5. The van der Waals surface area contributed by atoms with Gasteiger partial charge in [-0.3, -0.25) is 4.79 Å². The Balaban J connectivity index is 2.40. The molecule has 0 saturated heterocycles. The summed E-state index contributed by atoms with van der Waals surface area (Å²) in [6.45, 7) is 8.73. The molecule has 0 bridgehead atoms. The van der Waals surface area contributed by atoms with E-state index in [1.165, 1.54) is 11.1 Å². The maximum absolute atomic E-state index is 12.5. The fourth-order valence-corrected chi connectivity index (χ4v) is 4.06. The van der Waals surface area contributed by atoms with E-state index in [0.717, 1.165) is 43.3 Å². The van der Waals surface area contributed by atoms with E-state index in [4.69, 9.17) is 0 Å². The summed E-state index contributed by atoms with van der Waals surface area (Å²) in [5, 5.41) is 9.56. The number of rotatable bonds is 1. The molecule has 0 spiro atoms. The molecule has 2 aliphatic carbocycles. The Bertz CT molecular complexity index is 532. The van der Waals surface area contributed by atoms with Crippen molar-refractivity contribution in [3.8, 4) is 0 Å². The largest absolute Gasteiger partial charge is 0.392 e. The van der Waals surface area contributed by atoms with Gasteiger partial charge in [0.25, 0.3) is 0 Å². The topological polar surface area (TPSA) is 37.3 Å². The second-order valence-electron chi connectivity index (χ2n) is 7.57. The molecule has 22 heavy (non-hydrogen) atoms. The molecule has 122 valence electrons. The SMILES string of the molecule is CC1=CCC/C(CO)=C\C[C@]2(C)CC(=O)C(=C(C)C)[C@H]2CC1. The van der Waals surface area contributed by atoms with Crippen molar-refractivity contribution in [1.29, 1.82) is 0 Å². The smallest absolute Gasteiger partial charge is 0.159 e. The first-order chi connectivity index (χ1) is 10.4. The van der Waals surface area contributed by atoms with Gasteiger partial charge in [-0.25, -0.2) is 0 Å². The molecule has 0 aliphatic heterocycles. The van der Waals surface area contributed by atoms with Crippen molar-refractivity contribution in [2.45, 2.75) is 66.2 Å². The summed E-state index contributed by atoms with van der Waals surface area (Å²) in [7, 11) is 0. The number of carbonyl (C=O) groups excluding carboxylic acids is 1. The van der Waals surface area contributed by atoms with Crippen LogP contribution in [0.1, 0.15) is 66.2 Å². The first-order valence-electron chi connectivity index (χ1n) is 8.52. The Morgan fingerprint density at radius 1 is 1.32 bits per heavy atom. The maximum Gasteiger partial charge on any atom is 0.159 e. The van der Waals surface area contributed by atoms with Gasteiger partial charge >= 0.3 is 0 Å². The molecule has 1 saturated carbocycles. The highest BCUT2D eigenvalue weighted by atomic mass is 16.3. The Morgan fingerprint density at radius 3 is 2.68 bits per heavy atom. The molecule has 0 radical (unpaired) electrons. The highest BCUT2D eigenvalue weighted by Crippen LogP contribution is 2.51. The van der Waals surface area contributed by atoms with Gasteiger partial charge in [0, 0.05) is 6.42 Å². The standard InChI is InChI=1S/C20H30O2/c1-14(2)19-17-9-8-15(3)6-5-7-16(13-21)10-11-20(17,4)12-18(19)22/h6,10,17,21H,5,7-9,11-13H2,1-4H3/b15-6?,16-10+/t17-,20-/m1/s1. The van der Waals surface area contributed by atoms with Crippen LogP contribution in [-0.2, 0) is 4.79 Å². The molecule has 0 aromatic carbocycles. The summed E-state index contributed by atoms with van der Waals surface area (Å²) < 4.78 is 0. The van der Waals surface area contributed by atoms with Gasteiger partial charge in [0.2, 0.25) is 0 Å². The van der Waals surface area contributed by atoms with Crippen LogP contribution in [0.25, 0.3) is 0 Å². The fraction of sp³-hybridized carbons (Fsp3) is 0.650. The van der Waals surface area contributed by atoms with E-state index in [1.54, 1.807) is 0 Å². The number of hydrogen-bond donors (Lipinski definition) is 1. The number of carbonyl (C=O) groups is 1. The van der Waals surface area contributed by atoms with Gasteiger partial charge in [-0.15, -0.1) is 0 Å². The summed E-state index contributed by atoms with van der Waals surface area (Å²) in [5.41, 5.74) is 4.79. The highest BCUT2D eigenvalue weighted by Gasteiger charge is 2.46. The van der Waals surface area contributed by atoms with Crippen molar-refractivity contribution < 1.29 is 9.90 Å². The van der Waals surface area contributed by atoms with Crippen LogP contribution in [0.5, 0.6) is 0 Å². The fourth-order valence-electron chi connectivity index (χ4n) is 4.06. The van der Waals surface area contributed by atoms with E-state index in [-0.39, 0.29) is 12.0 Å². The lowest BCUT2D eigenvalue weighted by molar-refractivity contribution is -0.115. The Hall–Kier alpha value is -1.15. The van der Waals surface area contributed by atoms with Crippen LogP contribution in [0.15, 0.2) is 34.4 Å². The van der Waals surface area contributed by atoms with Gasteiger partial charge in [-0.1, -0.05) is 30.2 Å². The molecule has 2 heteroatoms. The van der Waals surface area contributed by atoms with Gasteiger partial charge < -0.3 is 5.11 Å². The third kappa shape index (κ3) is 3.60. The molecule has 1 fully saturated rings. The average molecular weight is 302 g/mol. The summed E-state index contributed by atoms with van der Waals surface area (Å²) >= 11 is 0. The van der Waals surface area contributed by atoms with Crippen molar-refractivity contribution in [2.75, 3.05) is 6.61 Å². The summed E-state index contributed by atoms with van der Waals surface area (Å²) in [4.78, 5) is 12.5. The predicted octanol–water partition coefficient (Wildman–Crippen LogP) is 4.75. The predicted molar refractivity (Wildman–Crippen MR) is 91.6 cm³/mol. The van der Waals surface area contributed by atoms with E-state index >= 15 is 0 Å². The number of aliphatic hydroxyl groups is 1. The second-order valence-corrected chi connectivity index (χ2v) is 7.57. The normalized spacial score (nSPS) is 32.7. The van der Waals surface area contributed by atoms with Crippen LogP contribution >= 0.6 is 0 Å². The molecule has 0 amide bonds. The molecular formula is C20H30O2. The number of Topliss-reactive ketones (excluding diaryl/α,β-unsaturated/α-hetero) is 1. The molecule has 0 aromatic rings. The number of hydrogen-bond acceptors (Lipinski definition) is 2. The van der Waals surface area contributed by atoms with E-state index in [0.29, 0.717) is 18.1 Å². The minimum Gasteiger partial charge on any atom is -0.392 e. The summed E-state index contributed by atoms with van der Waals surface area (Å²) in [5.74, 6) is 0.688. The first-order valence-corrected chi connectivity index (χ1v) is 8.52. The average Bonchev–Trinajstić information content (AvgIpc) is 2.69. The van der Waals surface area contributed by atoms with Crippen LogP contribution in [0, 0.1) is 11.3 Å². The molecule has 0 aromatic heterocycles. The molecule has 2 aliphatic rings. The van der Waals surface area contributed by atoms with Crippen LogP contribution in [-0.4, -0.2) is 17.5 Å². The molecule has 2 atom stereocenters. The van der Waals surface area contributed by atoms with Crippen molar-refractivity contribution in [3.63, 3.8) is 0 Å². The minimum atomic E-state index is 0.00866. The Morgan fingerprint density at radius 2 is 2.05 bits per heavy atom. The lowest BCUT2D eigenvalue weighted by Crippen LogP contribution is -2.22. The van der Waals surface area contributed by atoms with Crippen LogP contribution < -0.4 is 0 Å². The van der Waals surface area contributed by atoms with Crippen molar-refractivity contribution in [1.82, 2.24) is 0 Å². The zero-order valence-corrected chi connectivity index (χ0v) is 14.5. The number of ketones is 1. The van der Waals surface area contributed by atoms with Crippen molar-refractivity contribution in [2.24, 2.45) is 11.3 Å². The zero-order chi connectivity index (χ0) is 16.3. The van der Waals surface area contributed by atoms with Gasteiger partial charge in [-0.2, -0.15) is 0 Å². The third-order valence-electron chi connectivity index (χ3n) is 5.44. The Kier molecular flexibility index (Phi) is 5.44. The Labute approximate surface area is 135 Å². The lowest BCUT2D eigenvalue weighted by Gasteiger charge is -2.31. The van der Waals surface area contributed by atoms with Crippen LogP contribution in [0.3, 0.4) is 0 Å². The number of aliphatic hydroxyl groups excluding tert-OH is 1. The van der Waals surface area contributed by atoms with E-state index < -0.39 is 0 Å². The first kappa shape index (κ1) is 17.2. The van der Waals surface area contributed by atoms with Crippen LogP contribution in [0.2, 0.25) is 0 Å². The third-order valence-corrected chi connectivity index (χ3v) is 5.44. The number of fused-ring (bicyclic) bond motifs is 1. The monoisotopic (exact) mass is 302 g/mol. The maximum atomic E-state index is 12.5. The minimum absolute atomic E-state index is 0.00866. The van der Waals surface area contributed by atoms with E-state index in [2.05, 4.69) is 39.8 Å². The van der Waals surface area contributed by atoms with Crippen molar-refractivity contribution >= 4 is 5.78 Å². The number of allylic oxidation sites excluding steroid dienone is 5. The summed E-state index contributed by atoms with van der Waals surface area (Å²) in [6, 6.07) is 0. The molecule has 2 nitrogen and oxygen atoms in total. The lowest BCUT2D eigenvalue weighted by atomic mass is 9.72. The van der Waals surface area contributed by atoms with Gasteiger partial charge in [0.1, 0.15) is 0 Å². The molecular weight excluding hydrogens is 272 g/mol. The molecule has 2 rings (SSSR count). The van der Waals surface area contributed by atoms with Crippen LogP contribution in [0.4, 0.5) is 0 Å². The second kappa shape index (κ2) is 6.95. The van der Waals surface area contributed by atoms with E-state index in [1.807, 2.05) is 0 Å². The van der Waals surface area contributed by atoms with Crippen molar-refractivity contribution in [3.05, 3.63) is 34.4 Å². The summed E-state index contributed by atoms with van der Waals surface area (Å²) in [6.07, 6.45) is 10.1. The molecule has 0 unspecified atom stereocenters. The van der Waals surface area contributed by atoms with Gasteiger partial charge in [0.15, 0.2) is 5.78 Å². The van der Waals surface area contributed by atoms with Gasteiger partial charge in [-0.05, 0) is 75.4 Å². The quantitative estimate of drug-likeness (QED) is 0.561. The van der Waals surface area contributed by atoms with E-state index in [9.17, 15) is 9.90 Å². The van der Waals surface area contributed by atoms with Gasteiger partial charge in [0.05, 0.1) is 6.61 Å².